The first-order valence-corrected chi connectivity index (χ1v) is 6.74. The molecule has 2 amide bonds. The van der Waals surface area contributed by atoms with Crippen molar-refractivity contribution in [2.75, 3.05) is 5.32 Å². The molecule has 0 unspecified atom stereocenters. The van der Waals surface area contributed by atoms with Crippen molar-refractivity contribution in [3.63, 3.8) is 0 Å². The highest BCUT2D eigenvalue weighted by atomic mass is 16.3. The predicted molar refractivity (Wildman–Crippen MR) is 71.8 cm³/mol. The zero-order valence-electron chi connectivity index (χ0n) is 11.1. The van der Waals surface area contributed by atoms with E-state index in [2.05, 4.69) is 20.6 Å². The first-order chi connectivity index (χ1) is 9.17. The summed E-state index contributed by atoms with van der Waals surface area (Å²) in [6.45, 7) is 1.98. The van der Waals surface area contributed by atoms with Crippen molar-refractivity contribution in [1.29, 1.82) is 0 Å². The molecule has 0 radical (unpaired) electrons. The number of carbonyl (C=O) groups is 1. The molecule has 6 heteroatoms. The minimum atomic E-state index is -0.241. The van der Waals surface area contributed by atoms with E-state index in [1.165, 1.54) is 0 Å². The lowest BCUT2D eigenvalue weighted by Crippen LogP contribution is -2.40. The van der Waals surface area contributed by atoms with E-state index < -0.39 is 0 Å². The third kappa shape index (κ3) is 4.17. The van der Waals surface area contributed by atoms with Crippen LogP contribution in [0.25, 0.3) is 0 Å². The maximum absolute atomic E-state index is 11.8. The summed E-state index contributed by atoms with van der Waals surface area (Å²) in [6.07, 6.45) is 6.91. The third-order valence-electron chi connectivity index (χ3n) is 3.31. The predicted octanol–water partition coefficient (Wildman–Crippen LogP) is 1.46. The SMILES string of the molecule is CCc1ncc(NC(=O)NC2CCC(O)CC2)cn1. The van der Waals surface area contributed by atoms with Gasteiger partial charge in [-0.05, 0) is 25.7 Å². The summed E-state index contributed by atoms with van der Waals surface area (Å²) in [6, 6.07) is -0.103. The summed E-state index contributed by atoms with van der Waals surface area (Å²) in [5.41, 5.74) is 0.588. The summed E-state index contributed by atoms with van der Waals surface area (Å²) >= 11 is 0. The van der Waals surface area contributed by atoms with E-state index in [-0.39, 0.29) is 18.2 Å². The van der Waals surface area contributed by atoms with Crippen molar-refractivity contribution in [3.8, 4) is 0 Å². The Morgan fingerprint density at radius 1 is 1.32 bits per heavy atom. The molecule has 0 atom stereocenters. The molecule has 1 aliphatic carbocycles. The van der Waals surface area contributed by atoms with Crippen molar-refractivity contribution < 1.29 is 9.90 Å². The van der Waals surface area contributed by atoms with Crippen LogP contribution in [0.15, 0.2) is 12.4 Å². The number of anilines is 1. The summed E-state index contributed by atoms with van der Waals surface area (Å²) in [7, 11) is 0. The number of urea groups is 1. The van der Waals surface area contributed by atoms with Crippen molar-refractivity contribution in [2.24, 2.45) is 0 Å². The Morgan fingerprint density at radius 2 is 1.95 bits per heavy atom. The van der Waals surface area contributed by atoms with Gasteiger partial charge in [-0.2, -0.15) is 0 Å². The third-order valence-corrected chi connectivity index (χ3v) is 3.31. The fourth-order valence-electron chi connectivity index (χ4n) is 2.17. The highest BCUT2D eigenvalue weighted by molar-refractivity contribution is 5.89. The molecule has 0 saturated heterocycles. The highest BCUT2D eigenvalue weighted by Gasteiger charge is 2.20. The number of aromatic nitrogens is 2. The minimum Gasteiger partial charge on any atom is -0.393 e. The average molecular weight is 264 g/mol. The first kappa shape index (κ1) is 13.7. The Kier molecular flexibility index (Phi) is 4.68. The topological polar surface area (TPSA) is 87.1 Å². The van der Waals surface area contributed by atoms with E-state index in [1.54, 1.807) is 12.4 Å². The summed E-state index contributed by atoms with van der Waals surface area (Å²) < 4.78 is 0. The van der Waals surface area contributed by atoms with Crippen LogP contribution in [-0.2, 0) is 6.42 Å². The van der Waals surface area contributed by atoms with Gasteiger partial charge in [0.1, 0.15) is 5.82 Å². The van der Waals surface area contributed by atoms with Crippen molar-refractivity contribution in [2.45, 2.75) is 51.2 Å². The van der Waals surface area contributed by atoms with Crippen LogP contribution in [0.5, 0.6) is 0 Å². The van der Waals surface area contributed by atoms with Gasteiger partial charge in [0.05, 0.1) is 24.2 Å². The molecular weight excluding hydrogens is 244 g/mol. The molecule has 1 saturated carbocycles. The first-order valence-electron chi connectivity index (χ1n) is 6.74. The van der Waals surface area contributed by atoms with E-state index in [1.807, 2.05) is 6.92 Å². The molecular formula is C13H20N4O2. The average Bonchev–Trinajstić information content (AvgIpc) is 2.42. The van der Waals surface area contributed by atoms with E-state index in [9.17, 15) is 9.90 Å². The number of amides is 2. The van der Waals surface area contributed by atoms with E-state index in [0.717, 1.165) is 37.9 Å². The maximum Gasteiger partial charge on any atom is 0.319 e. The Labute approximate surface area is 112 Å². The second kappa shape index (κ2) is 6.47. The number of carbonyl (C=O) groups excluding carboxylic acids is 1. The number of rotatable bonds is 3. The fourth-order valence-corrected chi connectivity index (χ4v) is 2.17. The number of hydrogen-bond acceptors (Lipinski definition) is 4. The van der Waals surface area contributed by atoms with Gasteiger partial charge in [-0.15, -0.1) is 0 Å². The molecule has 0 bridgehead atoms. The Hall–Kier alpha value is -1.69. The second-order valence-corrected chi connectivity index (χ2v) is 4.85. The molecule has 1 aliphatic rings. The van der Waals surface area contributed by atoms with Gasteiger partial charge in [0.15, 0.2) is 0 Å². The standard InChI is InChI=1S/C13H20N4O2/c1-2-12-14-7-10(8-15-12)17-13(19)16-9-3-5-11(18)6-4-9/h7-9,11,18H,2-6H2,1H3,(H2,16,17,19). The summed E-state index contributed by atoms with van der Waals surface area (Å²) in [5.74, 6) is 0.757. The molecule has 104 valence electrons. The van der Waals surface area contributed by atoms with Gasteiger partial charge >= 0.3 is 6.03 Å². The van der Waals surface area contributed by atoms with Gasteiger partial charge in [-0.25, -0.2) is 14.8 Å². The molecule has 1 aromatic rings. The van der Waals surface area contributed by atoms with Gasteiger partial charge in [-0.1, -0.05) is 6.92 Å². The van der Waals surface area contributed by atoms with Crippen molar-refractivity contribution in [3.05, 3.63) is 18.2 Å². The fraction of sp³-hybridized carbons (Fsp3) is 0.615. The largest absolute Gasteiger partial charge is 0.393 e. The van der Waals surface area contributed by atoms with Crippen LogP contribution >= 0.6 is 0 Å². The normalized spacial score (nSPS) is 22.8. The Morgan fingerprint density at radius 3 is 2.53 bits per heavy atom. The molecule has 1 aromatic heterocycles. The molecule has 1 fully saturated rings. The lowest BCUT2D eigenvalue weighted by Gasteiger charge is -2.26. The lowest BCUT2D eigenvalue weighted by molar-refractivity contribution is 0.118. The number of aliphatic hydroxyl groups is 1. The van der Waals surface area contributed by atoms with Crippen LogP contribution in [0.1, 0.15) is 38.4 Å². The van der Waals surface area contributed by atoms with Gasteiger partial charge in [0, 0.05) is 12.5 Å². The van der Waals surface area contributed by atoms with Crippen LogP contribution in [-0.4, -0.2) is 33.3 Å². The molecule has 1 heterocycles. The highest BCUT2D eigenvalue weighted by Crippen LogP contribution is 2.18. The lowest BCUT2D eigenvalue weighted by atomic mass is 9.93. The van der Waals surface area contributed by atoms with Gasteiger partial charge in [-0.3, -0.25) is 0 Å². The van der Waals surface area contributed by atoms with Crippen LogP contribution < -0.4 is 10.6 Å². The van der Waals surface area contributed by atoms with Crippen molar-refractivity contribution in [1.82, 2.24) is 15.3 Å². The monoisotopic (exact) mass is 264 g/mol. The molecule has 3 N–H and O–H groups in total. The molecule has 2 rings (SSSR count). The molecule has 0 aromatic carbocycles. The quantitative estimate of drug-likeness (QED) is 0.771. The summed E-state index contributed by atoms with van der Waals surface area (Å²) in [4.78, 5) is 20.0. The van der Waals surface area contributed by atoms with Gasteiger partial charge < -0.3 is 15.7 Å². The number of aliphatic hydroxyl groups excluding tert-OH is 1. The van der Waals surface area contributed by atoms with Crippen LogP contribution in [0.4, 0.5) is 10.5 Å². The number of hydrogen-bond donors (Lipinski definition) is 3. The Balaban J connectivity index is 1.80. The second-order valence-electron chi connectivity index (χ2n) is 4.85. The van der Waals surface area contributed by atoms with Gasteiger partial charge in [0.25, 0.3) is 0 Å². The number of nitrogens with one attached hydrogen (secondary N) is 2. The molecule has 19 heavy (non-hydrogen) atoms. The van der Waals surface area contributed by atoms with Crippen LogP contribution in [0, 0.1) is 0 Å². The maximum atomic E-state index is 11.8. The zero-order valence-corrected chi connectivity index (χ0v) is 11.1. The van der Waals surface area contributed by atoms with E-state index in [0.29, 0.717) is 5.69 Å². The number of nitrogens with zero attached hydrogens (tertiary/aromatic N) is 2. The van der Waals surface area contributed by atoms with E-state index >= 15 is 0 Å². The van der Waals surface area contributed by atoms with Gasteiger partial charge in [0.2, 0.25) is 0 Å². The van der Waals surface area contributed by atoms with Crippen LogP contribution in [0.2, 0.25) is 0 Å². The Bertz CT molecular complexity index is 413. The van der Waals surface area contributed by atoms with Crippen LogP contribution in [0.3, 0.4) is 0 Å². The smallest absolute Gasteiger partial charge is 0.319 e. The molecule has 0 aliphatic heterocycles. The van der Waals surface area contributed by atoms with E-state index in [4.69, 9.17) is 0 Å². The van der Waals surface area contributed by atoms with Crippen molar-refractivity contribution >= 4 is 11.7 Å². The number of aryl methyl sites for hydroxylation is 1. The minimum absolute atomic E-state index is 0.138. The summed E-state index contributed by atoms with van der Waals surface area (Å²) in [5, 5.41) is 15.0. The zero-order chi connectivity index (χ0) is 13.7. The molecule has 6 nitrogen and oxygen atoms in total. The molecule has 0 spiro atoms.